The highest BCUT2D eigenvalue weighted by atomic mass is 32.2. The second-order valence-corrected chi connectivity index (χ2v) is 7.11. The number of nitrogens with two attached hydrogens (primary N) is 1. The van der Waals surface area contributed by atoms with Gasteiger partial charge in [0.15, 0.2) is 16.4 Å². The van der Waals surface area contributed by atoms with Crippen LogP contribution in [0.1, 0.15) is 12.0 Å². The van der Waals surface area contributed by atoms with Crippen LogP contribution in [0.5, 0.6) is 5.75 Å². The molecule has 0 radical (unpaired) electrons. The zero-order valence-electron chi connectivity index (χ0n) is 11.0. The first-order valence-electron chi connectivity index (χ1n) is 6.38. The summed E-state index contributed by atoms with van der Waals surface area (Å²) in [6.45, 7) is 0.466. The maximum atomic E-state index is 11.3. The molecule has 1 fully saturated rings. The fraction of sp³-hybridized carbons (Fsp3) is 0.462. The number of hydrogen-bond donors (Lipinski definition) is 2. The highest BCUT2D eigenvalue weighted by Crippen LogP contribution is 2.14. The van der Waals surface area contributed by atoms with Gasteiger partial charge >= 0.3 is 0 Å². The Bertz CT molecular complexity index is 569. The minimum absolute atomic E-state index is 0.0331. The average molecular weight is 298 g/mol. The molecule has 1 aliphatic rings. The van der Waals surface area contributed by atoms with Crippen LogP contribution in [0.4, 0.5) is 0 Å². The Balaban J connectivity index is 1.80. The van der Waals surface area contributed by atoms with Crippen molar-refractivity contribution in [3.05, 3.63) is 29.8 Å². The molecule has 1 aliphatic heterocycles. The first-order chi connectivity index (χ1) is 9.44. The van der Waals surface area contributed by atoms with Gasteiger partial charge in [-0.1, -0.05) is 12.1 Å². The lowest BCUT2D eigenvalue weighted by Crippen LogP contribution is -2.29. The first kappa shape index (κ1) is 14.8. The van der Waals surface area contributed by atoms with Crippen molar-refractivity contribution in [1.82, 2.24) is 5.32 Å². The van der Waals surface area contributed by atoms with Crippen molar-refractivity contribution >= 4 is 15.7 Å². The number of rotatable bonds is 6. The maximum absolute atomic E-state index is 11.3. The lowest BCUT2D eigenvalue weighted by molar-refractivity contribution is -0.119. The van der Waals surface area contributed by atoms with E-state index >= 15 is 0 Å². The van der Waals surface area contributed by atoms with Crippen molar-refractivity contribution in [2.75, 3.05) is 18.1 Å². The summed E-state index contributed by atoms with van der Waals surface area (Å²) in [5.41, 5.74) is 6.02. The number of carbonyl (C=O) groups is 1. The van der Waals surface area contributed by atoms with Crippen LogP contribution in [-0.4, -0.2) is 38.5 Å². The average Bonchev–Trinajstić information content (AvgIpc) is 2.75. The van der Waals surface area contributed by atoms with Gasteiger partial charge in [0, 0.05) is 12.6 Å². The van der Waals surface area contributed by atoms with Crippen LogP contribution in [0, 0.1) is 0 Å². The van der Waals surface area contributed by atoms with Gasteiger partial charge in [0.2, 0.25) is 0 Å². The molecule has 1 amide bonds. The van der Waals surface area contributed by atoms with Gasteiger partial charge in [0.05, 0.1) is 11.5 Å². The van der Waals surface area contributed by atoms with Crippen molar-refractivity contribution in [3.8, 4) is 5.75 Å². The Morgan fingerprint density at radius 2 is 2.05 bits per heavy atom. The van der Waals surface area contributed by atoms with Gasteiger partial charge in [0.1, 0.15) is 5.75 Å². The Hall–Kier alpha value is -1.60. The van der Waals surface area contributed by atoms with Crippen LogP contribution >= 0.6 is 0 Å². The topological polar surface area (TPSA) is 98.5 Å². The minimum atomic E-state index is -2.85. The summed E-state index contributed by atoms with van der Waals surface area (Å²) >= 11 is 0. The standard InChI is InChI=1S/C13H18N2O4S/c14-13(16)8-19-12-3-1-10(2-4-12)7-15-11-5-6-20(17,18)9-11/h1-4,11,15H,5-9H2,(H2,14,16). The minimum Gasteiger partial charge on any atom is -0.484 e. The SMILES string of the molecule is NC(=O)COc1ccc(CNC2CCS(=O)(=O)C2)cc1. The fourth-order valence-electron chi connectivity index (χ4n) is 2.08. The lowest BCUT2D eigenvalue weighted by Gasteiger charge is -2.11. The van der Waals surface area contributed by atoms with Crippen LogP contribution in [0.3, 0.4) is 0 Å². The van der Waals surface area contributed by atoms with E-state index in [4.69, 9.17) is 10.5 Å². The summed E-state index contributed by atoms with van der Waals surface area (Å²) in [6, 6.07) is 7.28. The fourth-order valence-corrected chi connectivity index (χ4v) is 3.78. The van der Waals surface area contributed by atoms with Crippen LogP contribution < -0.4 is 15.8 Å². The van der Waals surface area contributed by atoms with Gasteiger partial charge in [-0.3, -0.25) is 4.79 Å². The molecule has 2 rings (SSSR count). The van der Waals surface area contributed by atoms with Crippen LogP contribution in [0.2, 0.25) is 0 Å². The molecule has 0 aliphatic carbocycles. The van der Waals surface area contributed by atoms with E-state index < -0.39 is 15.7 Å². The molecular formula is C13H18N2O4S. The molecule has 7 heteroatoms. The summed E-state index contributed by atoms with van der Waals surface area (Å²) in [5.74, 6) is 0.548. The van der Waals surface area contributed by atoms with Crippen molar-refractivity contribution in [1.29, 1.82) is 0 Å². The molecule has 0 spiro atoms. The van der Waals surface area contributed by atoms with Gasteiger partial charge < -0.3 is 15.8 Å². The Labute approximate surface area is 118 Å². The molecule has 110 valence electrons. The number of nitrogens with one attached hydrogen (secondary N) is 1. The smallest absolute Gasteiger partial charge is 0.255 e. The summed E-state index contributed by atoms with van der Waals surface area (Å²) in [4.78, 5) is 10.6. The van der Waals surface area contributed by atoms with E-state index in [9.17, 15) is 13.2 Å². The number of hydrogen-bond acceptors (Lipinski definition) is 5. The van der Waals surface area contributed by atoms with Crippen LogP contribution in [0.15, 0.2) is 24.3 Å². The van der Waals surface area contributed by atoms with Gasteiger partial charge in [0.25, 0.3) is 5.91 Å². The normalized spacial score (nSPS) is 20.7. The van der Waals surface area contributed by atoms with E-state index in [-0.39, 0.29) is 24.2 Å². The third-order valence-corrected chi connectivity index (χ3v) is 4.90. The molecule has 3 N–H and O–H groups in total. The Morgan fingerprint density at radius 1 is 1.35 bits per heavy atom. The zero-order valence-corrected chi connectivity index (χ0v) is 11.9. The van der Waals surface area contributed by atoms with Crippen molar-refractivity contribution in [2.24, 2.45) is 5.73 Å². The second-order valence-electron chi connectivity index (χ2n) is 4.88. The van der Waals surface area contributed by atoms with Crippen molar-refractivity contribution in [3.63, 3.8) is 0 Å². The lowest BCUT2D eigenvalue weighted by atomic mass is 10.2. The molecule has 1 heterocycles. The maximum Gasteiger partial charge on any atom is 0.255 e. The molecule has 0 saturated carbocycles. The summed E-state index contributed by atoms with van der Waals surface area (Å²) < 4.78 is 27.8. The van der Waals surface area contributed by atoms with Crippen molar-refractivity contribution in [2.45, 2.75) is 19.0 Å². The third kappa shape index (κ3) is 4.50. The molecule has 0 bridgehead atoms. The Kier molecular flexibility index (Phi) is 4.61. The quantitative estimate of drug-likeness (QED) is 0.759. The zero-order chi connectivity index (χ0) is 14.6. The molecule has 1 unspecified atom stereocenters. The van der Waals surface area contributed by atoms with E-state index in [1.54, 1.807) is 12.1 Å². The molecule has 1 aromatic carbocycles. The monoisotopic (exact) mass is 298 g/mol. The number of sulfone groups is 1. The molecule has 20 heavy (non-hydrogen) atoms. The van der Waals surface area contributed by atoms with E-state index in [2.05, 4.69) is 5.32 Å². The van der Waals surface area contributed by atoms with E-state index in [0.717, 1.165) is 5.56 Å². The van der Waals surface area contributed by atoms with Gasteiger partial charge in [-0.2, -0.15) is 0 Å². The first-order valence-corrected chi connectivity index (χ1v) is 8.20. The number of ether oxygens (including phenoxy) is 1. The van der Waals surface area contributed by atoms with Gasteiger partial charge in [-0.25, -0.2) is 8.42 Å². The van der Waals surface area contributed by atoms with Crippen molar-refractivity contribution < 1.29 is 17.9 Å². The molecule has 6 nitrogen and oxygen atoms in total. The van der Waals surface area contributed by atoms with E-state index in [1.807, 2.05) is 12.1 Å². The van der Waals surface area contributed by atoms with Crippen LogP contribution in [-0.2, 0) is 21.2 Å². The molecular weight excluding hydrogens is 280 g/mol. The predicted molar refractivity (Wildman–Crippen MR) is 75.0 cm³/mol. The van der Waals surface area contributed by atoms with Gasteiger partial charge in [-0.05, 0) is 24.1 Å². The third-order valence-electron chi connectivity index (χ3n) is 3.13. The highest BCUT2D eigenvalue weighted by molar-refractivity contribution is 7.91. The number of amides is 1. The number of carbonyl (C=O) groups excluding carboxylic acids is 1. The molecule has 1 aromatic rings. The largest absolute Gasteiger partial charge is 0.484 e. The summed E-state index contributed by atoms with van der Waals surface area (Å²) in [6.07, 6.45) is 0.669. The van der Waals surface area contributed by atoms with Gasteiger partial charge in [-0.15, -0.1) is 0 Å². The van der Waals surface area contributed by atoms with E-state index in [0.29, 0.717) is 18.7 Å². The van der Waals surface area contributed by atoms with Crippen LogP contribution in [0.25, 0.3) is 0 Å². The molecule has 1 saturated heterocycles. The number of primary amides is 1. The van der Waals surface area contributed by atoms with E-state index in [1.165, 1.54) is 0 Å². The molecule has 0 aromatic heterocycles. The highest BCUT2D eigenvalue weighted by Gasteiger charge is 2.27. The Morgan fingerprint density at radius 3 is 2.60 bits per heavy atom. The predicted octanol–water partition coefficient (Wildman–Crippen LogP) is -0.173. The second kappa shape index (κ2) is 6.23. The summed E-state index contributed by atoms with van der Waals surface area (Å²) in [5, 5.41) is 3.23. The number of benzene rings is 1. The summed E-state index contributed by atoms with van der Waals surface area (Å²) in [7, 11) is -2.85. The molecule has 1 atom stereocenters.